The van der Waals surface area contributed by atoms with E-state index in [9.17, 15) is 4.79 Å². The molecule has 1 aliphatic heterocycles. The summed E-state index contributed by atoms with van der Waals surface area (Å²) in [5, 5.41) is 8.93. The molecule has 0 bridgehead atoms. The van der Waals surface area contributed by atoms with Crippen molar-refractivity contribution in [3.05, 3.63) is 0 Å². The molecule has 0 spiro atoms. The molecule has 1 atom stereocenters. The summed E-state index contributed by atoms with van der Waals surface area (Å²) in [5.74, 6) is 0.0778. The lowest BCUT2D eigenvalue weighted by Crippen LogP contribution is -2.38. The van der Waals surface area contributed by atoms with E-state index < -0.39 is 0 Å². The predicted molar refractivity (Wildman–Crippen MR) is 45.5 cm³/mol. The Bertz CT molecular complexity index is 161. The molecule has 0 aromatic heterocycles. The van der Waals surface area contributed by atoms with Crippen LogP contribution in [-0.4, -0.2) is 41.7 Å². The van der Waals surface area contributed by atoms with Crippen molar-refractivity contribution in [2.45, 2.75) is 25.3 Å². The SMILES string of the molecule is NCCC(=O)N1CCC[C@H]1CO. The molecule has 12 heavy (non-hydrogen) atoms. The molecule has 4 heteroatoms. The maximum Gasteiger partial charge on any atom is 0.224 e. The fourth-order valence-corrected chi connectivity index (χ4v) is 1.62. The van der Waals surface area contributed by atoms with Crippen LogP contribution in [0.25, 0.3) is 0 Å². The standard InChI is InChI=1S/C8H16N2O2/c9-4-3-8(12)10-5-1-2-7(10)6-11/h7,11H,1-6,9H2/t7-/m0/s1. The van der Waals surface area contributed by atoms with Crippen LogP contribution >= 0.6 is 0 Å². The monoisotopic (exact) mass is 172 g/mol. The number of likely N-dealkylation sites (tertiary alicyclic amines) is 1. The highest BCUT2D eigenvalue weighted by molar-refractivity contribution is 5.77. The second-order valence-corrected chi connectivity index (χ2v) is 3.10. The molecule has 0 radical (unpaired) electrons. The lowest BCUT2D eigenvalue weighted by molar-refractivity contribution is -0.132. The van der Waals surface area contributed by atoms with Crippen LogP contribution in [0.15, 0.2) is 0 Å². The number of aliphatic hydroxyl groups is 1. The number of nitrogens with two attached hydrogens (primary N) is 1. The zero-order valence-corrected chi connectivity index (χ0v) is 7.20. The summed E-state index contributed by atoms with van der Waals surface area (Å²) < 4.78 is 0. The van der Waals surface area contributed by atoms with Gasteiger partial charge in [-0.25, -0.2) is 0 Å². The Morgan fingerprint density at radius 3 is 3.00 bits per heavy atom. The summed E-state index contributed by atoms with van der Waals surface area (Å²) in [6.07, 6.45) is 2.32. The summed E-state index contributed by atoms with van der Waals surface area (Å²) in [5.41, 5.74) is 5.27. The van der Waals surface area contributed by atoms with Gasteiger partial charge in [0.25, 0.3) is 0 Å². The zero-order chi connectivity index (χ0) is 8.97. The van der Waals surface area contributed by atoms with Crippen molar-refractivity contribution >= 4 is 5.91 Å². The van der Waals surface area contributed by atoms with Gasteiger partial charge in [0.15, 0.2) is 0 Å². The largest absolute Gasteiger partial charge is 0.394 e. The van der Waals surface area contributed by atoms with Gasteiger partial charge >= 0.3 is 0 Å². The van der Waals surface area contributed by atoms with Crippen LogP contribution in [-0.2, 0) is 4.79 Å². The maximum atomic E-state index is 11.3. The molecular weight excluding hydrogens is 156 g/mol. The van der Waals surface area contributed by atoms with E-state index in [0.29, 0.717) is 13.0 Å². The third-order valence-corrected chi connectivity index (χ3v) is 2.27. The molecule has 3 N–H and O–H groups in total. The molecule has 1 heterocycles. The van der Waals surface area contributed by atoms with E-state index in [1.54, 1.807) is 4.90 Å². The first-order valence-electron chi connectivity index (χ1n) is 4.40. The third kappa shape index (κ3) is 1.95. The molecule has 1 rings (SSSR count). The fraction of sp³-hybridized carbons (Fsp3) is 0.875. The number of nitrogens with zero attached hydrogens (tertiary/aromatic N) is 1. The predicted octanol–water partition coefficient (Wildman–Crippen LogP) is -0.681. The molecule has 0 aromatic carbocycles. The Labute approximate surface area is 72.3 Å². The zero-order valence-electron chi connectivity index (χ0n) is 7.20. The van der Waals surface area contributed by atoms with Crippen LogP contribution in [0, 0.1) is 0 Å². The van der Waals surface area contributed by atoms with E-state index in [1.807, 2.05) is 0 Å². The molecule has 0 aliphatic carbocycles. The number of hydrogen-bond donors (Lipinski definition) is 2. The minimum atomic E-state index is 0.0454. The third-order valence-electron chi connectivity index (χ3n) is 2.27. The van der Waals surface area contributed by atoms with Gasteiger partial charge < -0.3 is 15.7 Å². The number of carbonyl (C=O) groups is 1. The van der Waals surface area contributed by atoms with E-state index in [2.05, 4.69) is 0 Å². The smallest absolute Gasteiger partial charge is 0.224 e. The molecule has 70 valence electrons. The number of rotatable bonds is 3. The number of amides is 1. The average Bonchev–Trinajstić information content (AvgIpc) is 2.51. The Morgan fingerprint density at radius 2 is 2.42 bits per heavy atom. The summed E-state index contributed by atoms with van der Waals surface area (Å²) in [6.45, 7) is 1.26. The molecule has 1 fully saturated rings. The van der Waals surface area contributed by atoms with E-state index in [1.165, 1.54) is 0 Å². The highest BCUT2D eigenvalue weighted by Gasteiger charge is 2.26. The van der Waals surface area contributed by atoms with E-state index >= 15 is 0 Å². The van der Waals surface area contributed by atoms with Gasteiger partial charge in [-0.3, -0.25) is 4.79 Å². The van der Waals surface area contributed by atoms with Crippen molar-refractivity contribution < 1.29 is 9.90 Å². The highest BCUT2D eigenvalue weighted by atomic mass is 16.3. The van der Waals surface area contributed by atoms with E-state index in [-0.39, 0.29) is 18.6 Å². The molecule has 1 saturated heterocycles. The molecule has 4 nitrogen and oxygen atoms in total. The van der Waals surface area contributed by atoms with Crippen molar-refractivity contribution in [3.63, 3.8) is 0 Å². The van der Waals surface area contributed by atoms with Gasteiger partial charge in [0.1, 0.15) is 0 Å². The van der Waals surface area contributed by atoms with Crippen LogP contribution in [0.4, 0.5) is 0 Å². The number of hydrogen-bond acceptors (Lipinski definition) is 3. The van der Waals surface area contributed by atoms with Gasteiger partial charge in [-0.1, -0.05) is 0 Å². The summed E-state index contributed by atoms with van der Waals surface area (Å²) in [4.78, 5) is 13.1. The first-order chi connectivity index (χ1) is 5.79. The second-order valence-electron chi connectivity index (χ2n) is 3.10. The van der Waals surface area contributed by atoms with Gasteiger partial charge in [0.05, 0.1) is 12.6 Å². The Balaban J connectivity index is 2.43. The van der Waals surface area contributed by atoms with Gasteiger partial charge in [0, 0.05) is 19.5 Å². The number of carbonyl (C=O) groups excluding carboxylic acids is 1. The fourth-order valence-electron chi connectivity index (χ4n) is 1.62. The Kier molecular flexibility index (Phi) is 3.49. The molecule has 0 aromatic rings. The van der Waals surface area contributed by atoms with Crippen molar-refractivity contribution in [3.8, 4) is 0 Å². The van der Waals surface area contributed by atoms with Crippen LogP contribution in [0.3, 0.4) is 0 Å². The quantitative estimate of drug-likeness (QED) is 0.592. The van der Waals surface area contributed by atoms with Crippen LogP contribution in [0.2, 0.25) is 0 Å². The van der Waals surface area contributed by atoms with Gasteiger partial charge in [-0.2, -0.15) is 0 Å². The van der Waals surface area contributed by atoms with Gasteiger partial charge in [-0.05, 0) is 12.8 Å². The van der Waals surface area contributed by atoms with Gasteiger partial charge in [-0.15, -0.1) is 0 Å². The first-order valence-corrected chi connectivity index (χ1v) is 4.40. The van der Waals surface area contributed by atoms with Crippen molar-refractivity contribution in [2.24, 2.45) is 5.73 Å². The van der Waals surface area contributed by atoms with Crippen molar-refractivity contribution in [1.29, 1.82) is 0 Å². The molecule has 0 saturated carbocycles. The minimum absolute atomic E-state index is 0.0454. The maximum absolute atomic E-state index is 11.3. The molecule has 0 unspecified atom stereocenters. The molecular formula is C8H16N2O2. The summed E-state index contributed by atoms with van der Waals surface area (Å²) in [7, 11) is 0. The van der Waals surface area contributed by atoms with Crippen LogP contribution in [0.1, 0.15) is 19.3 Å². The van der Waals surface area contributed by atoms with Crippen LogP contribution in [0.5, 0.6) is 0 Å². The average molecular weight is 172 g/mol. The molecule has 1 amide bonds. The summed E-state index contributed by atoms with van der Waals surface area (Å²) in [6, 6.07) is 0.0454. The molecule has 1 aliphatic rings. The number of aliphatic hydroxyl groups excluding tert-OH is 1. The minimum Gasteiger partial charge on any atom is -0.394 e. The Morgan fingerprint density at radius 1 is 1.67 bits per heavy atom. The second kappa shape index (κ2) is 4.42. The topological polar surface area (TPSA) is 66.6 Å². The summed E-state index contributed by atoms with van der Waals surface area (Å²) >= 11 is 0. The Hall–Kier alpha value is -0.610. The van der Waals surface area contributed by atoms with Gasteiger partial charge in [0.2, 0.25) is 5.91 Å². The highest BCUT2D eigenvalue weighted by Crippen LogP contribution is 2.17. The van der Waals surface area contributed by atoms with Crippen LogP contribution < -0.4 is 5.73 Å². The lowest BCUT2D eigenvalue weighted by Gasteiger charge is -2.22. The van der Waals surface area contributed by atoms with E-state index in [0.717, 1.165) is 19.4 Å². The van der Waals surface area contributed by atoms with E-state index in [4.69, 9.17) is 10.8 Å². The van der Waals surface area contributed by atoms with Crippen molar-refractivity contribution in [1.82, 2.24) is 4.90 Å². The normalized spacial score (nSPS) is 23.2. The first kappa shape index (κ1) is 9.48. The van der Waals surface area contributed by atoms with Crippen molar-refractivity contribution in [2.75, 3.05) is 19.7 Å². The lowest BCUT2D eigenvalue weighted by atomic mass is 10.2.